The summed E-state index contributed by atoms with van der Waals surface area (Å²) >= 11 is 0. The van der Waals surface area contributed by atoms with Crippen molar-refractivity contribution < 1.29 is 14.5 Å². The average Bonchev–Trinajstić information content (AvgIpc) is 3.21. The summed E-state index contributed by atoms with van der Waals surface area (Å²) in [5.41, 5.74) is 0.818. The Balaban J connectivity index is 2.34. The van der Waals surface area contributed by atoms with E-state index in [1.54, 1.807) is 18.2 Å². The quantitative estimate of drug-likeness (QED) is 0.264. The summed E-state index contributed by atoms with van der Waals surface area (Å²) < 4.78 is 4.71. The Bertz CT molecular complexity index is 535. The number of nitro benzene ring substituents is 1. The van der Waals surface area contributed by atoms with Crippen LogP contribution in [-0.2, 0) is 9.53 Å². The van der Waals surface area contributed by atoms with Crippen LogP contribution in [0.3, 0.4) is 0 Å². The van der Waals surface area contributed by atoms with Crippen molar-refractivity contribution >= 4 is 17.7 Å². The second-order valence-electron chi connectivity index (χ2n) is 4.25. The highest BCUT2D eigenvalue weighted by molar-refractivity contribution is 5.94. The number of methoxy groups -OCH3 is 1. The smallest absolute Gasteiger partial charge is 0.335 e. The lowest BCUT2D eigenvalue weighted by atomic mass is 10.1. The minimum Gasteiger partial charge on any atom is -0.466 e. The van der Waals surface area contributed by atoms with E-state index in [2.05, 4.69) is 0 Å². The second-order valence-corrected chi connectivity index (χ2v) is 4.25. The van der Waals surface area contributed by atoms with Crippen molar-refractivity contribution in [1.82, 2.24) is 4.90 Å². The Morgan fingerprint density at radius 3 is 2.74 bits per heavy atom. The molecule has 1 fully saturated rings. The zero-order chi connectivity index (χ0) is 13.8. The largest absolute Gasteiger partial charge is 0.466 e. The lowest BCUT2D eigenvalue weighted by Gasteiger charge is -2.06. The fraction of sp³-hybridized carbons (Fsp3) is 0.308. The first-order valence-corrected chi connectivity index (χ1v) is 5.86. The summed E-state index contributed by atoms with van der Waals surface area (Å²) in [5, 5.41) is 10.9. The predicted molar refractivity (Wildman–Crippen MR) is 69.5 cm³/mol. The van der Waals surface area contributed by atoms with Crippen molar-refractivity contribution in [3.8, 4) is 0 Å². The molecule has 0 bridgehead atoms. The molecule has 1 aromatic rings. The molecule has 2 rings (SSSR count). The first kappa shape index (κ1) is 13.2. The number of carbonyl (C=O) groups excluding carboxylic acids is 1. The molecular formula is C13H14N2O4. The highest BCUT2D eigenvalue weighted by atomic mass is 16.6. The summed E-state index contributed by atoms with van der Waals surface area (Å²) in [5.74, 6) is -0.454. The van der Waals surface area contributed by atoms with E-state index in [0.717, 1.165) is 13.1 Å². The molecule has 0 unspecified atom stereocenters. The van der Waals surface area contributed by atoms with Gasteiger partial charge in [-0.25, -0.2) is 4.79 Å². The van der Waals surface area contributed by atoms with Crippen molar-refractivity contribution in [3.05, 3.63) is 45.5 Å². The SMILES string of the molecule is COC(=O)/C(=C/c1ccccc1[N+](=O)[O-])CN1CC1. The number of benzene rings is 1. The van der Waals surface area contributed by atoms with Gasteiger partial charge in [-0.3, -0.25) is 15.0 Å². The number of esters is 1. The average molecular weight is 262 g/mol. The van der Waals surface area contributed by atoms with E-state index in [1.807, 2.05) is 4.90 Å². The van der Waals surface area contributed by atoms with E-state index in [4.69, 9.17) is 4.74 Å². The molecule has 0 amide bonds. The predicted octanol–water partition coefficient (Wildman–Crippen LogP) is 1.47. The van der Waals surface area contributed by atoms with Gasteiger partial charge in [0, 0.05) is 25.7 Å². The van der Waals surface area contributed by atoms with E-state index >= 15 is 0 Å². The van der Waals surface area contributed by atoms with Gasteiger partial charge in [0.25, 0.3) is 5.69 Å². The maximum absolute atomic E-state index is 11.7. The van der Waals surface area contributed by atoms with Gasteiger partial charge in [0.15, 0.2) is 0 Å². The number of rotatable bonds is 5. The van der Waals surface area contributed by atoms with E-state index in [9.17, 15) is 14.9 Å². The molecule has 6 nitrogen and oxygen atoms in total. The number of nitrogens with zero attached hydrogens (tertiary/aromatic N) is 2. The topological polar surface area (TPSA) is 72.5 Å². The number of nitro groups is 1. The molecular weight excluding hydrogens is 248 g/mol. The molecule has 6 heteroatoms. The lowest BCUT2D eigenvalue weighted by molar-refractivity contribution is -0.385. The molecule has 1 saturated heterocycles. The van der Waals surface area contributed by atoms with Crippen LogP contribution in [-0.4, -0.2) is 42.5 Å². The van der Waals surface area contributed by atoms with Crippen molar-refractivity contribution in [2.45, 2.75) is 0 Å². The highest BCUT2D eigenvalue weighted by Crippen LogP contribution is 2.22. The van der Waals surface area contributed by atoms with E-state index in [0.29, 0.717) is 17.7 Å². The summed E-state index contributed by atoms with van der Waals surface area (Å²) in [4.78, 5) is 24.2. The van der Waals surface area contributed by atoms with Crippen molar-refractivity contribution in [2.75, 3.05) is 26.7 Å². The summed E-state index contributed by atoms with van der Waals surface area (Å²) in [6, 6.07) is 6.32. The number of carbonyl (C=O) groups is 1. The maximum Gasteiger partial charge on any atom is 0.335 e. The molecule has 0 atom stereocenters. The molecule has 0 aromatic heterocycles. The monoisotopic (exact) mass is 262 g/mol. The molecule has 0 N–H and O–H groups in total. The van der Waals surface area contributed by atoms with Crippen molar-refractivity contribution in [3.63, 3.8) is 0 Å². The number of hydrogen-bond donors (Lipinski definition) is 0. The number of ether oxygens (including phenoxy) is 1. The van der Waals surface area contributed by atoms with Gasteiger partial charge in [-0.05, 0) is 12.1 Å². The van der Waals surface area contributed by atoms with Gasteiger partial charge in [-0.2, -0.15) is 0 Å². The van der Waals surface area contributed by atoms with Gasteiger partial charge in [0.2, 0.25) is 0 Å². The van der Waals surface area contributed by atoms with Crippen LogP contribution in [0.2, 0.25) is 0 Å². The third kappa shape index (κ3) is 3.38. The van der Waals surface area contributed by atoms with Crippen LogP contribution in [0.25, 0.3) is 6.08 Å². The molecule has 19 heavy (non-hydrogen) atoms. The minimum absolute atomic E-state index is 0.0188. The standard InChI is InChI=1S/C13H14N2O4/c1-19-13(16)11(9-14-6-7-14)8-10-4-2-3-5-12(10)15(17)18/h2-5,8H,6-7,9H2,1H3/b11-8+. The van der Waals surface area contributed by atoms with E-state index < -0.39 is 10.9 Å². The van der Waals surface area contributed by atoms with Gasteiger partial charge in [-0.15, -0.1) is 0 Å². The van der Waals surface area contributed by atoms with Crippen LogP contribution in [0.4, 0.5) is 5.69 Å². The molecule has 1 aliphatic heterocycles. The minimum atomic E-state index is -0.460. The second kappa shape index (κ2) is 5.62. The van der Waals surface area contributed by atoms with Crippen LogP contribution < -0.4 is 0 Å². The number of para-hydroxylation sites is 1. The molecule has 0 radical (unpaired) electrons. The molecule has 1 aliphatic rings. The van der Waals surface area contributed by atoms with Gasteiger partial charge in [-0.1, -0.05) is 12.1 Å². The molecule has 100 valence electrons. The van der Waals surface area contributed by atoms with Crippen LogP contribution in [0, 0.1) is 10.1 Å². The summed E-state index contributed by atoms with van der Waals surface area (Å²) in [7, 11) is 1.30. The van der Waals surface area contributed by atoms with Crippen LogP contribution in [0.15, 0.2) is 29.8 Å². The van der Waals surface area contributed by atoms with Gasteiger partial charge in [0.05, 0.1) is 23.2 Å². The van der Waals surface area contributed by atoms with Gasteiger partial charge < -0.3 is 4.74 Å². The first-order chi connectivity index (χ1) is 9.11. The van der Waals surface area contributed by atoms with E-state index in [1.165, 1.54) is 19.3 Å². The fourth-order valence-electron chi connectivity index (χ4n) is 1.73. The van der Waals surface area contributed by atoms with Crippen LogP contribution in [0.1, 0.15) is 5.56 Å². The molecule has 0 aliphatic carbocycles. The Labute approximate surface area is 110 Å². The van der Waals surface area contributed by atoms with Crippen molar-refractivity contribution in [1.29, 1.82) is 0 Å². The third-order valence-electron chi connectivity index (χ3n) is 2.84. The van der Waals surface area contributed by atoms with Crippen LogP contribution in [0.5, 0.6) is 0 Å². The Hall–Kier alpha value is -2.21. The Kier molecular flexibility index (Phi) is 3.91. The molecule has 0 saturated carbocycles. The molecule has 1 aromatic carbocycles. The Morgan fingerprint density at radius 1 is 1.47 bits per heavy atom. The zero-order valence-corrected chi connectivity index (χ0v) is 10.5. The molecule has 0 spiro atoms. The zero-order valence-electron chi connectivity index (χ0n) is 10.5. The normalized spacial score (nSPS) is 15.1. The lowest BCUT2D eigenvalue weighted by Crippen LogP contribution is -2.13. The van der Waals surface area contributed by atoms with Gasteiger partial charge in [0.1, 0.15) is 0 Å². The van der Waals surface area contributed by atoms with Crippen LogP contribution >= 0.6 is 0 Å². The third-order valence-corrected chi connectivity index (χ3v) is 2.84. The number of hydrogen-bond acceptors (Lipinski definition) is 5. The summed E-state index contributed by atoms with van der Waals surface area (Å²) in [6.07, 6.45) is 1.53. The first-order valence-electron chi connectivity index (χ1n) is 5.86. The van der Waals surface area contributed by atoms with Gasteiger partial charge >= 0.3 is 5.97 Å². The van der Waals surface area contributed by atoms with Crippen molar-refractivity contribution in [2.24, 2.45) is 0 Å². The maximum atomic E-state index is 11.7. The molecule has 1 heterocycles. The highest BCUT2D eigenvalue weighted by Gasteiger charge is 2.23. The Morgan fingerprint density at radius 2 is 2.16 bits per heavy atom. The fourth-order valence-corrected chi connectivity index (χ4v) is 1.73. The summed E-state index contributed by atoms with van der Waals surface area (Å²) in [6.45, 7) is 2.33. The van der Waals surface area contributed by atoms with E-state index in [-0.39, 0.29) is 5.69 Å².